The zero-order valence-electron chi connectivity index (χ0n) is 8.82. The molecular weight excluding hydrogens is 176 g/mol. The number of benzene rings is 1. The van der Waals surface area contributed by atoms with Gasteiger partial charge in [-0.1, -0.05) is 31.2 Å². The summed E-state index contributed by atoms with van der Waals surface area (Å²) >= 11 is 0. The number of carbonyl (C=O) groups excluding carboxylic acids is 1. The first kappa shape index (κ1) is 10.9. The Morgan fingerprint density at radius 1 is 1.36 bits per heavy atom. The molecule has 1 aromatic carbocycles. The summed E-state index contributed by atoms with van der Waals surface area (Å²) in [5.74, 6) is -0.311. The molecule has 0 saturated carbocycles. The highest BCUT2D eigenvalue weighted by Crippen LogP contribution is 2.22. The first-order valence-corrected chi connectivity index (χ1v) is 4.78. The van der Waals surface area contributed by atoms with E-state index in [1.807, 2.05) is 38.1 Å². The van der Waals surface area contributed by atoms with Crippen LogP contribution in [0.2, 0.25) is 0 Å². The number of aliphatic hydroxyl groups excluding tert-OH is 1. The van der Waals surface area contributed by atoms with Gasteiger partial charge in [-0.05, 0) is 25.0 Å². The lowest BCUT2D eigenvalue weighted by molar-refractivity contribution is -0.125. The van der Waals surface area contributed by atoms with Gasteiger partial charge in [-0.3, -0.25) is 4.79 Å². The lowest BCUT2D eigenvalue weighted by Gasteiger charge is -2.18. The predicted octanol–water partition coefficient (Wildman–Crippen LogP) is 2.05. The summed E-state index contributed by atoms with van der Waals surface area (Å²) in [7, 11) is 0. The fraction of sp³-hybridized carbons (Fsp3) is 0.417. The second kappa shape index (κ2) is 4.38. The third-order valence-corrected chi connectivity index (χ3v) is 2.57. The van der Waals surface area contributed by atoms with Crippen LogP contribution >= 0.6 is 0 Å². The van der Waals surface area contributed by atoms with Crippen LogP contribution in [0.3, 0.4) is 0 Å². The van der Waals surface area contributed by atoms with Crippen molar-refractivity contribution >= 4 is 5.78 Å². The Labute approximate surface area is 84.6 Å². The molecule has 0 heterocycles. The van der Waals surface area contributed by atoms with Gasteiger partial charge in [0.2, 0.25) is 0 Å². The number of ketones is 1. The number of aryl methyl sites for hydroxylation is 1. The average Bonchev–Trinajstić information content (AvgIpc) is 2.16. The van der Waals surface area contributed by atoms with Crippen molar-refractivity contribution in [3.8, 4) is 0 Å². The maximum atomic E-state index is 11.0. The summed E-state index contributed by atoms with van der Waals surface area (Å²) in [5.41, 5.74) is 2.15. The van der Waals surface area contributed by atoms with E-state index in [9.17, 15) is 9.90 Å². The van der Waals surface area contributed by atoms with E-state index in [1.54, 1.807) is 0 Å². The number of aliphatic hydroxyl groups is 1. The van der Waals surface area contributed by atoms with Gasteiger partial charge in [0.25, 0.3) is 0 Å². The molecule has 0 aliphatic rings. The molecular formula is C12H16O2. The molecule has 0 radical (unpaired) electrons. The van der Waals surface area contributed by atoms with E-state index in [4.69, 9.17) is 0 Å². The molecule has 0 spiro atoms. The number of rotatable bonds is 3. The minimum absolute atomic E-state index is 0.131. The highest BCUT2D eigenvalue weighted by atomic mass is 16.3. The Morgan fingerprint density at radius 3 is 2.43 bits per heavy atom. The molecule has 1 aromatic rings. The molecule has 2 heteroatoms. The molecule has 0 bridgehead atoms. The molecule has 1 N–H and O–H groups in total. The van der Waals surface area contributed by atoms with Gasteiger partial charge >= 0.3 is 0 Å². The summed E-state index contributed by atoms with van der Waals surface area (Å²) in [6, 6.07) is 7.81. The molecule has 0 aliphatic carbocycles. The Bertz CT molecular complexity index is 331. The van der Waals surface area contributed by atoms with E-state index in [0.717, 1.165) is 11.1 Å². The molecule has 2 atom stereocenters. The standard InChI is InChI=1S/C12H16O2/c1-8-6-4-5-7-11(8)9(2)12(14)10(3)13/h4-7,9,12,14H,1-3H3. The summed E-state index contributed by atoms with van der Waals surface area (Å²) in [5, 5.41) is 9.62. The third kappa shape index (κ3) is 2.20. The minimum Gasteiger partial charge on any atom is -0.385 e. The Morgan fingerprint density at radius 2 is 1.93 bits per heavy atom. The van der Waals surface area contributed by atoms with E-state index < -0.39 is 6.10 Å². The fourth-order valence-electron chi connectivity index (χ4n) is 1.62. The smallest absolute Gasteiger partial charge is 0.158 e. The molecule has 0 aliphatic heterocycles. The van der Waals surface area contributed by atoms with Gasteiger partial charge in [0.05, 0.1) is 0 Å². The van der Waals surface area contributed by atoms with Crippen LogP contribution in [0.25, 0.3) is 0 Å². The van der Waals surface area contributed by atoms with Crippen LogP contribution in [0, 0.1) is 6.92 Å². The minimum atomic E-state index is -0.893. The van der Waals surface area contributed by atoms with Crippen molar-refractivity contribution < 1.29 is 9.90 Å². The quantitative estimate of drug-likeness (QED) is 0.795. The van der Waals surface area contributed by atoms with E-state index >= 15 is 0 Å². The molecule has 2 unspecified atom stereocenters. The molecule has 76 valence electrons. The summed E-state index contributed by atoms with van der Waals surface area (Å²) in [6.07, 6.45) is -0.893. The maximum absolute atomic E-state index is 11.0. The van der Waals surface area contributed by atoms with Crippen molar-refractivity contribution in [2.75, 3.05) is 0 Å². The summed E-state index contributed by atoms with van der Waals surface area (Å²) < 4.78 is 0. The fourth-order valence-corrected chi connectivity index (χ4v) is 1.62. The molecule has 0 saturated heterocycles. The first-order chi connectivity index (χ1) is 6.54. The second-order valence-corrected chi connectivity index (χ2v) is 3.70. The Kier molecular flexibility index (Phi) is 3.42. The van der Waals surface area contributed by atoms with Crippen LogP contribution in [0.4, 0.5) is 0 Å². The van der Waals surface area contributed by atoms with Crippen molar-refractivity contribution in [3.05, 3.63) is 35.4 Å². The average molecular weight is 192 g/mol. The zero-order chi connectivity index (χ0) is 10.7. The van der Waals surface area contributed by atoms with Crippen molar-refractivity contribution in [3.63, 3.8) is 0 Å². The molecule has 0 fully saturated rings. The van der Waals surface area contributed by atoms with Crippen LogP contribution in [0.1, 0.15) is 30.9 Å². The van der Waals surface area contributed by atoms with E-state index in [0.29, 0.717) is 0 Å². The van der Waals surface area contributed by atoms with Crippen LogP contribution in [-0.2, 0) is 4.79 Å². The first-order valence-electron chi connectivity index (χ1n) is 4.78. The maximum Gasteiger partial charge on any atom is 0.158 e. The van der Waals surface area contributed by atoms with Crippen LogP contribution in [-0.4, -0.2) is 17.0 Å². The summed E-state index contributed by atoms with van der Waals surface area (Å²) in [4.78, 5) is 11.0. The molecule has 14 heavy (non-hydrogen) atoms. The van der Waals surface area contributed by atoms with Gasteiger partial charge in [0.1, 0.15) is 6.10 Å². The third-order valence-electron chi connectivity index (χ3n) is 2.57. The number of hydrogen-bond acceptors (Lipinski definition) is 2. The normalized spacial score (nSPS) is 14.9. The van der Waals surface area contributed by atoms with Gasteiger partial charge in [-0.2, -0.15) is 0 Å². The highest BCUT2D eigenvalue weighted by molar-refractivity contribution is 5.81. The topological polar surface area (TPSA) is 37.3 Å². The molecule has 1 rings (SSSR count). The van der Waals surface area contributed by atoms with Crippen molar-refractivity contribution in [2.24, 2.45) is 0 Å². The number of hydrogen-bond donors (Lipinski definition) is 1. The van der Waals surface area contributed by atoms with Gasteiger partial charge in [-0.15, -0.1) is 0 Å². The van der Waals surface area contributed by atoms with Gasteiger partial charge in [0.15, 0.2) is 5.78 Å². The van der Waals surface area contributed by atoms with Gasteiger partial charge in [-0.25, -0.2) is 0 Å². The van der Waals surface area contributed by atoms with E-state index in [-0.39, 0.29) is 11.7 Å². The molecule has 2 nitrogen and oxygen atoms in total. The predicted molar refractivity (Wildman–Crippen MR) is 56.3 cm³/mol. The van der Waals surface area contributed by atoms with Crippen LogP contribution in [0.15, 0.2) is 24.3 Å². The number of carbonyl (C=O) groups is 1. The number of Topliss-reactive ketones (excluding diaryl/α,β-unsaturated/α-hetero) is 1. The van der Waals surface area contributed by atoms with E-state index in [1.165, 1.54) is 6.92 Å². The Balaban J connectivity index is 2.94. The van der Waals surface area contributed by atoms with Gasteiger partial charge < -0.3 is 5.11 Å². The zero-order valence-corrected chi connectivity index (χ0v) is 8.82. The van der Waals surface area contributed by atoms with Crippen LogP contribution < -0.4 is 0 Å². The van der Waals surface area contributed by atoms with E-state index in [2.05, 4.69) is 0 Å². The van der Waals surface area contributed by atoms with Crippen molar-refractivity contribution in [1.29, 1.82) is 0 Å². The molecule has 0 aromatic heterocycles. The van der Waals surface area contributed by atoms with Crippen molar-refractivity contribution in [2.45, 2.75) is 32.8 Å². The monoisotopic (exact) mass is 192 g/mol. The second-order valence-electron chi connectivity index (χ2n) is 3.70. The van der Waals surface area contributed by atoms with Gasteiger partial charge in [0, 0.05) is 5.92 Å². The Hall–Kier alpha value is -1.15. The lowest BCUT2D eigenvalue weighted by Crippen LogP contribution is -2.24. The lowest BCUT2D eigenvalue weighted by atomic mass is 9.90. The largest absolute Gasteiger partial charge is 0.385 e. The highest BCUT2D eigenvalue weighted by Gasteiger charge is 2.21. The van der Waals surface area contributed by atoms with Crippen LogP contribution in [0.5, 0.6) is 0 Å². The SMILES string of the molecule is CC(=O)C(O)C(C)c1ccccc1C. The summed E-state index contributed by atoms with van der Waals surface area (Å²) in [6.45, 7) is 5.27. The molecule has 0 amide bonds. The van der Waals surface area contributed by atoms with Crippen molar-refractivity contribution in [1.82, 2.24) is 0 Å².